The van der Waals surface area contributed by atoms with E-state index >= 15 is 0 Å². The number of carbonyl (C=O) groups is 1. The molecular formula is C29H29ClN6O4S. The molecule has 4 heterocycles. The van der Waals surface area contributed by atoms with E-state index in [1.54, 1.807) is 18.5 Å². The van der Waals surface area contributed by atoms with Crippen molar-refractivity contribution in [2.45, 2.75) is 60.8 Å². The number of carbonyl (C=O) groups excluding carboxylic acids is 1. The maximum absolute atomic E-state index is 12.8. The number of fused-ring (bicyclic) bond motifs is 2. The van der Waals surface area contributed by atoms with Gasteiger partial charge in [0, 0.05) is 36.4 Å². The third-order valence-electron chi connectivity index (χ3n) is 7.20. The Morgan fingerprint density at radius 2 is 1.93 bits per heavy atom. The number of ether oxygens (including phenoxy) is 2. The third-order valence-corrected chi connectivity index (χ3v) is 8.69. The average Bonchev–Trinajstić information content (AvgIpc) is 3.22. The van der Waals surface area contributed by atoms with Gasteiger partial charge in [-0.25, -0.2) is 19.7 Å². The molecule has 1 saturated heterocycles. The Labute approximate surface area is 245 Å². The van der Waals surface area contributed by atoms with Crippen LogP contribution in [0.3, 0.4) is 0 Å². The minimum Gasteiger partial charge on any atom is -0.484 e. The molecule has 212 valence electrons. The number of hydrogen-bond donors (Lipinski definition) is 2. The molecule has 0 unspecified atom stereocenters. The fourth-order valence-corrected chi connectivity index (χ4v) is 6.46. The molecule has 1 fully saturated rings. The molecule has 0 bridgehead atoms. The van der Waals surface area contributed by atoms with Gasteiger partial charge in [-0.2, -0.15) is 0 Å². The average molecular weight is 593 g/mol. The van der Waals surface area contributed by atoms with E-state index in [4.69, 9.17) is 21.1 Å². The topological polar surface area (TPSA) is 122 Å². The highest BCUT2D eigenvalue weighted by atomic mass is 35.5. The minimum absolute atomic E-state index is 0.287. The lowest BCUT2D eigenvalue weighted by Crippen LogP contribution is -2.54. The number of anilines is 1. The summed E-state index contributed by atoms with van der Waals surface area (Å²) in [4.78, 5) is 43.9. The number of benzene rings is 2. The molecule has 10 nitrogen and oxygen atoms in total. The van der Waals surface area contributed by atoms with Crippen molar-refractivity contribution < 1.29 is 14.3 Å². The molecule has 0 aliphatic carbocycles. The van der Waals surface area contributed by atoms with Crippen LogP contribution in [0.1, 0.15) is 45.2 Å². The number of rotatable bonds is 4. The molecule has 6 rings (SSSR count). The van der Waals surface area contributed by atoms with Gasteiger partial charge in [-0.1, -0.05) is 41.6 Å². The first-order chi connectivity index (χ1) is 19.6. The van der Waals surface area contributed by atoms with Crippen molar-refractivity contribution in [1.29, 1.82) is 0 Å². The first-order valence-electron chi connectivity index (χ1n) is 13.3. The van der Waals surface area contributed by atoms with Gasteiger partial charge in [0.25, 0.3) is 5.56 Å². The van der Waals surface area contributed by atoms with Crippen LogP contribution in [-0.4, -0.2) is 50.3 Å². The van der Waals surface area contributed by atoms with Crippen molar-refractivity contribution >= 4 is 46.2 Å². The maximum atomic E-state index is 12.8. The first-order valence-corrected chi connectivity index (χ1v) is 14.5. The Bertz CT molecular complexity index is 1660. The van der Waals surface area contributed by atoms with Crippen molar-refractivity contribution in [3.63, 3.8) is 0 Å². The highest BCUT2D eigenvalue weighted by Gasteiger charge is 2.51. The van der Waals surface area contributed by atoms with Crippen LogP contribution in [0.15, 0.2) is 69.8 Å². The van der Waals surface area contributed by atoms with Crippen LogP contribution in [0.4, 0.5) is 10.6 Å². The molecule has 1 spiro atoms. The van der Waals surface area contributed by atoms with E-state index in [-0.39, 0.29) is 11.6 Å². The normalized spacial score (nSPS) is 17.8. The summed E-state index contributed by atoms with van der Waals surface area (Å²) in [6, 6.07) is 11.1. The van der Waals surface area contributed by atoms with Gasteiger partial charge in [0.05, 0.1) is 34.6 Å². The second-order valence-electron chi connectivity index (χ2n) is 11.1. The van der Waals surface area contributed by atoms with Gasteiger partial charge < -0.3 is 24.7 Å². The summed E-state index contributed by atoms with van der Waals surface area (Å²) in [5.74, 6) is 1.54. The summed E-state index contributed by atoms with van der Waals surface area (Å²) < 4.78 is 12.1. The van der Waals surface area contributed by atoms with Gasteiger partial charge in [0.15, 0.2) is 0 Å². The lowest BCUT2D eigenvalue weighted by atomic mass is 9.82. The Kier molecular flexibility index (Phi) is 7.03. The molecule has 2 aliphatic heterocycles. The van der Waals surface area contributed by atoms with Gasteiger partial charge in [0.1, 0.15) is 33.8 Å². The number of amides is 1. The van der Waals surface area contributed by atoms with Crippen molar-refractivity contribution in [2.75, 3.05) is 18.0 Å². The smallest absolute Gasteiger partial charge is 0.408 e. The van der Waals surface area contributed by atoms with Crippen LogP contribution in [0.5, 0.6) is 5.75 Å². The van der Waals surface area contributed by atoms with Gasteiger partial charge in [0.2, 0.25) is 0 Å². The Morgan fingerprint density at radius 1 is 1.15 bits per heavy atom. The number of piperidine rings is 1. The second kappa shape index (κ2) is 10.5. The molecule has 12 heteroatoms. The summed E-state index contributed by atoms with van der Waals surface area (Å²) in [6.07, 6.45) is 5.69. The Balaban J connectivity index is 1.15. The van der Waals surface area contributed by atoms with Crippen molar-refractivity contribution in [3.05, 3.63) is 76.1 Å². The summed E-state index contributed by atoms with van der Waals surface area (Å²) in [5.41, 5.74) is 0.0183. The molecular weight excluding hydrogens is 564 g/mol. The maximum Gasteiger partial charge on any atom is 0.408 e. The van der Waals surface area contributed by atoms with Crippen molar-refractivity contribution in [1.82, 2.24) is 25.3 Å². The summed E-state index contributed by atoms with van der Waals surface area (Å²) in [7, 11) is 0. The standard InChI is InChI=1S/C29H29ClN6O4S/c1-28(2,3)40-27(38)35-25-17-6-4-5-7-19(17)39-29(25)10-12-36(13-11-29)21-14-32-22(15-31-21)41-20-9-8-18-23(24(20)30)26(37)34-16-33-18/h4-9,14-16,25H,10-13H2,1-3H3,(H,35,38)(H,33,34,37)/t25-/m1/s1. The molecule has 2 N–H and O–H groups in total. The monoisotopic (exact) mass is 592 g/mol. The van der Waals surface area contributed by atoms with Crippen molar-refractivity contribution in [2.24, 2.45) is 0 Å². The molecule has 2 aromatic heterocycles. The molecule has 2 aromatic carbocycles. The molecule has 2 aliphatic rings. The fraction of sp³-hybridized carbons (Fsp3) is 0.345. The Morgan fingerprint density at radius 3 is 2.66 bits per heavy atom. The lowest BCUT2D eigenvalue weighted by molar-refractivity contribution is 0.0149. The van der Waals surface area contributed by atoms with E-state index in [9.17, 15) is 9.59 Å². The van der Waals surface area contributed by atoms with E-state index in [1.165, 1.54) is 18.1 Å². The number of aromatic amines is 1. The zero-order chi connectivity index (χ0) is 28.8. The van der Waals surface area contributed by atoms with Gasteiger partial charge in [-0.3, -0.25) is 4.79 Å². The number of H-pyrrole nitrogens is 1. The van der Waals surface area contributed by atoms with E-state index in [0.29, 0.717) is 51.8 Å². The van der Waals surface area contributed by atoms with Crippen molar-refractivity contribution in [3.8, 4) is 5.75 Å². The second-order valence-corrected chi connectivity index (χ2v) is 12.5. The number of aromatic nitrogens is 4. The number of para-hydroxylation sites is 1. The Hall–Kier alpha value is -3.83. The molecule has 4 aromatic rings. The lowest BCUT2D eigenvalue weighted by Gasteiger charge is -2.42. The van der Waals surface area contributed by atoms with Crippen LogP contribution in [0.25, 0.3) is 10.9 Å². The first kappa shape index (κ1) is 27.3. The van der Waals surface area contributed by atoms with Gasteiger partial charge in [-0.15, -0.1) is 0 Å². The van der Waals surface area contributed by atoms with Crippen LogP contribution < -0.4 is 20.5 Å². The van der Waals surface area contributed by atoms with E-state index in [2.05, 4.69) is 30.2 Å². The highest BCUT2D eigenvalue weighted by Crippen LogP contribution is 2.48. The molecule has 1 amide bonds. The number of alkyl carbamates (subject to hydrolysis) is 1. The quantitative estimate of drug-likeness (QED) is 0.315. The van der Waals surface area contributed by atoms with Crippen LogP contribution in [0.2, 0.25) is 5.02 Å². The number of nitrogens with one attached hydrogen (secondary N) is 2. The van der Waals surface area contributed by atoms with E-state index < -0.39 is 17.3 Å². The van der Waals surface area contributed by atoms with Gasteiger partial charge in [-0.05, 0) is 39.0 Å². The predicted molar refractivity (Wildman–Crippen MR) is 157 cm³/mol. The zero-order valence-electron chi connectivity index (χ0n) is 22.8. The summed E-state index contributed by atoms with van der Waals surface area (Å²) in [6.45, 7) is 6.89. The summed E-state index contributed by atoms with van der Waals surface area (Å²) in [5, 5.41) is 4.42. The number of halogens is 1. The molecule has 0 radical (unpaired) electrons. The number of nitrogens with zero attached hydrogens (tertiary/aromatic N) is 4. The third kappa shape index (κ3) is 5.43. The van der Waals surface area contributed by atoms with Crippen LogP contribution in [0, 0.1) is 0 Å². The van der Waals surface area contributed by atoms with Gasteiger partial charge >= 0.3 is 6.09 Å². The highest BCUT2D eigenvalue weighted by molar-refractivity contribution is 7.99. The number of hydrogen-bond acceptors (Lipinski definition) is 9. The van der Waals surface area contributed by atoms with E-state index in [1.807, 2.05) is 51.1 Å². The molecule has 0 saturated carbocycles. The van der Waals surface area contributed by atoms with E-state index in [0.717, 1.165) is 17.1 Å². The largest absolute Gasteiger partial charge is 0.484 e. The van der Waals surface area contributed by atoms with Crippen LogP contribution in [-0.2, 0) is 4.74 Å². The fourth-order valence-electron chi connectivity index (χ4n) is 5.33. The van der Waals surface area contributed by atoms with Crippen LogP contribution >= 0.6 is 23.4 Å². The summed E-state index contributed by atoms with van der Waals surface area (Å²) >= 11 is 7.87. The molecule has 41 heavy (non-hydrogen) atoms. The predicted octanol–water partition coefficient (Wildman–Crippen LogP) is 5.52. The minimum atomic E-state index is -0.600. The zero-order valence-corrected chi connectivity index (χ0v) is 24.4. The SMILES string of the molecule is CC(C)(C)OC(=O)N[C@@H]1c2ccccc2OC12CCN(c1cnc(Sc3ccc4nc[nH]c(=O)c4c3Cl)cn1)CC2. The molecule has 1 atom stereocenters.